The van der Waals surface area contributed by atoms with Gasteiger partial charge in [-0.05, 0) is 37.5 Å². The average molecular weight is 442 g/mol. The first-order chi connectivity index (χ1) is 15.3. The quantitative estimate of drug-likeness (QED) is 0.379. The monoisotopic (exact) mass is 441 g/mol. The first kappa shape index (κ1) is 22.0. The number of piperazine rings is 1. The minimum atomic E-state index is -0.967. The van der Waals surface area contributed by atoms with Crippen LogP contribution in [0.2, 0.25) is 0 Å². The molecule has 0 radical (unpaired) electrons. The Labute approximate surface area is 187 Å². The third kappa shape index (κ3) is 4.11. The number of hydrogen-bond acceptors (Lipinski definition) is 6. The average Bonchev–Trinajstić information content (AvgIpc) is 3.19. The zero-order valence-electron chi connectivity index (χ0n) is 18.6. The fourth-order valence-electron chi connectivity index (χ4n) is 4.74. The molecule has 2 aliphatic heterocycles. The molecule has 2 unspecified atom stereocenters. The van der Waals surface area contributed by atoms with Gasteiger partial charge in [0, 0.05) is 69.0 Å². The van der Waals surface area contributed by atoms with E-state index in [1.54, 1.807) is 11.0 Å². The number of rotatable bonds is 7. The van der Waals surface area contributed by atoms with Crippen LogP contribution >= 0.6 is 0 Å². The molecule has 0 spiro atoms. The summed E-state index contributed by atoms with van der Waals surface area (Å²) in [5, 5.41) is 7.67. The molecule has 4 rings (SSSR count). The first-order valence-electron chi connectivity index (χ1n) is 11.0. The standard InChI is InChI=1S/C23H32FN7O/c1-29(2)22(27)8-14(10-26)15-7-20(28-11-15)21(5-6-25)30-12-16-3-4-17(13-30)31(16)23(32)18-9-19(18)24/h5-8,10-11,16-19,25,28H,3-4,9,12-13,26-27H2,1-2H3/b14-10+,21-5+,22-8+,25-6?/t16?,17?,18-,19-/m1/s1. The molecule has 2 bridgehead atoms. The molecule has 1 aliphatic carbocycles. The molecule has 2 saturated heterocycles. The second kappa shape index (κ2) is 8.72. The summed E-state index contributed by atoms with van der Waals surface area (Å²) in [6.45, 7) is 1.35. The van der Waals surface area contributed by atoms with Crippen molar-refractivity contribution in [1.82, 2.24) is 19.7 Å². The van der Waals surface area contributed by atoms with Crippen molar-refractivity contribution in [2.45, 2.75) is 37.5 Å². The third-order valence-electron chi connectivity index (χ3n) is 6.64. The van der Waals surface area contributed by atoms with E-state index in [9.17, 15) is 9.18 Å². The lowest BCUT2D eigenvalue weighted by Gasteiger charge is -2.43. The summed E-state index contributed by atoms with van der Waals surface area (Å²) < 4.78 is 13.5. The summed E-state index contributed by atoms with van der Waals surface area (Å²) in [5.41, 5.74) is 15.3. The highest BCUT2D eigenvalue weighted by molar-refractivity contribution is 5.85. The number of hydrogen-bond donors (Lipinski definition) is 4. The summed E-state index contributed by atoms with van der Waals surface area (Å²) in [7, 11) is 3.73. The van der Waals surface area contributed by atoms with Gasteiger partial charge in [-0.3, -0.25) is 4.79 Å². The van der Waals surface area contributed by atoms with Crippen molar-refractivity contribution >= 4 is 23.4 Å². The summed E-state index contributed by atoms with van der Waals surface area (Å²) in [4.78, 5) is 22.0. The lowest BCUT2D eigenvalue weighted by atomic mass is 10.1. The summed E-state index contributed by atoms with van der Waals surface area (Å²) in [6, 6.07) is 2.16. The van der Waals surface area contributed by atoms with Gasteiger partial charge in [-0.1, -0.05) is 0 Å². The Morgan fingerprint density at radius 2 is 1.97 bits per heavy atom. The fraction of sp³-hybridized carbons (Fsp3) is 0.478. The molecular formula is C23H32FN7O. The number of carbonyl (C=O) groups excluding carboxylic acids is 1. The van der Waals surface area contributed by atoms with Crippen LogP contribution in [0.1, 0.15) is 30.5 Å². The van der Waals surface area contributed by atoms with E-state index in [2.05, 4.69) is 9.88 Å². The number of aromatic nitrogens is 1. The fourth-order valence-corrected chi connectivity index (χ4v) is 4.74. The van der Waals surface area contributed by atoms with Crippen molar-refractivity contribution in [3.05, 3.63) is 47.7 Å². The maximum absolute atomic E-state index is 13.5. The van der Waals surface area contributed by atoms with Gasteiger partial charge in [0.1, 0.15) is 6.17 Å². The number of fused-ring (bicyclic) bond motifs is 2. The molecule has 6 N–H and O–H groups in total. The highest BCUT2D eigenvalue weighted by Crippen LogP contribution is 2.41. The van der Waals surface area contributed by atoms with Crippen molar-refractivity contribution in [3.8, 4) is 0 Å². The zero-order valence-corrected chi connectivity index (χ0v) is 18.6. The molecular weight excluding hydrogens is 409 g/mol. The van der Waals surface area contributed by atoms with Crippen molar-refractivity contribution < 1.29 is 9.18 Å². The molecule has 1 amide bonds. The Bertz CT molecular complexity index is 965. The van der Waals surface area contributed by atoms with Crippen molar-refractivity contribution in [1.29, 1.82) is 5.41 Å². The van der Waals surface area contributed by atoms with Gasteiger partial charge in [-0.25, -0.2) is 4.39 Å². The lowest BCUT2D eigenvalue weighted by molar-refractivity contribution is -0.138. The van der Waals surface area contributed by atoms with Crippen LogP contribution in [0.15, 0.2) is 36.4 Å². The van der Waals surface area contributed by atoms with Gasteiger partial charge >= 0.3 is 0 Å². The van der Waals surface area contributed by atoms with Gasteiger partial charge in [0.15, 0.2) is 0 Å². The van der Waals surface area contributed by atoms with Gasteiger partial charge in [-0.2, -0.15) is 0 Å². The van der Waals surface area contributed by atoms with E-state index in [1.807, 2.05) is 37.3 Å². The van der Waals surface area contributed by atoms with E-state index in [-0.39, 0.29) is 18.0 Å². The van der Waals surface area contributed by atoms with Crippen molar-refractivity contribution in [2.75, 3.05) is 27.2 Å². The number of allylic oxidation sites excluding steroid dienone is 3. The molecule has 4 atom stereocenters. The van der Waals surface area contributed by atoms with E-state index in [0.717, 1.165) is 35.4 Å². The maximum Gasteiger partial charge on any atom is 0.229 e. The van der Waals surface area contributed by atoms with Crippen LogP contribution in [0.25, 0.3) is 11.3 Å². The lowest BCUT2D eigenvalue weighted by Crippen LogP contribution is -2.55. The highest BCUT2D eigenvalue weighted by Gasteiger charge is 2.51. The number of amides is 1. The van der Waals surface area contributed by atoms with Crippen LogP contribution in [0.5, 0.6) is 0 Å². The molecule has 3 aliphatic rings. The highest BCUT2D eigenvalue weighted by atomic mass is 19.1. The number of nitrogens with zero attached hydrogens (tertiary/aromatic N) is 3. The Morgan fingerprint density at radius 3 is 2.50 bits per heavy atom. The Kier molecular flexibility index (Phi) is 5.99. The van der Waals surface area contributed by atoms with Crippen LogP contribution in [0.4, 0.5) is 4.39 Å². The van der Waals surface area contributed by atoms with Gasteiger partial charge in [0.2, 0.25) is 5.91 Å². The van der Waals surface area contributed by atoms with Crippen LogP contribution < -0.4 is 11.5 Å². The Morgan fingerprint density at radius 1 is 1.31 bits per heavy atom. The van der Waals surface area contributed by atoms with Crippen LogP contribution in [-0.2, 0) is 4.79 Å². The second-order valence-corrected chi connectivity index (χ2v) is 9.00. The van der Waals surface area contributed by atoms with Gasteiger partial charge < -0.3 is 36.6 Å². The third-order valence-corrected chi connectivity index (χ3v) is 6.64. The van der Waals surface area contributed by atoms with Crippen LogP contribution in [0, 0.1) is 11.3 Å². The Balaban J connectivity index is 1.54. The predicted octanol–water partition coefficient (Wildman–Crippen LogP) is 1.70. The molecule has 1 aromatic rings. The van der Waals surface area contributed by atoms with Gasteiger partial charge in [0.25, 0.3) is 0 Å². The second-order valence-electron chi connectivity index (χ2n) is 9.00. The number of halogens is 1. The number of carbonyl (C=O) groups is 1. The topological polar surface area (TPSA) is 118 Å². The molecule has 3 heterocycles. The molecule has 172 valence electrons. The summed E-state index contributed by atoms with van der Waals surface area (Å²) >= 11 is 0. The van der Waals surface area contributed by atoms with Crippen molar-refractivity contribution in [3.63, 3.8) is 0 Å². The minimum Gasteiger partial charge on any atom is -0.404 e. The largest absolute Gasteiger partial charge is 0.404 e. The SMILES string of the molecule is CN(C)/C(N)=C/C(=C\N)c1c[nH]c(/C(=C\C=N)N2CC3CCC(C2)N3C(=O)[C@@H]2C[C@H]2F)c1. The van der Waals surface area contributed by atoms with E-state index in [1.165, 1.54) is 12.4 Å². The smallest absolute Gasteiger partial charge is 0.229 e. The number of nitrogens with one attached hydrogen (secondary N) is 2. The van der Waals surface area contributed by atoms with Crippen LogP contribution in [0.3, 0.4) is 0 Å². The zero-order chi connectivity index (χ0) is 23.0. The molecule has 9 heteroatoms. The van der Waals surface area contributed by atoms with E-state index >= 15 is 0 Å². The molecule has 1 aromatic heterocycles. The molecule has 1 saturated carbocycles. The molecule has 32 heavy (non-hydrogen) atoms. The Hall–Kier alpha value is -3.23. The molecule has 3 fully saturated rings. The van der Waals surface area contributed by atoms with Crippen molar-refractivity contribution in [2.24, 2.45) is 17.4 Å². The molecule has 8 nitrogen and oxygen atoms in total. The number of aromatic amines is 1. The number of likely N-dealkylation sites (tertiary alicyclic amines) is 1. The number of alkyl halides is 1. The normalized spacial score (nSPS) is 28.2. The first-order valence-corrected chi connectivity index (χ1v) is 11.0. The van der Waals surface area contributed by atoms with E-state index in [4.69, 9.17) is 16.9 Å². The summed E-state index contributed by atoms with van der Waals surface area (Å²) in [6.07, 6.45) is 9.50. The molecule has 0 aromatic carbocycles. The van der Waals surface area contributed by atoms with Crippen LogP contribution in [-0.4, -0.2) is 77.2 Å². The maximum atomic E-state index is 13.5. The van der Waals surface area contributed by atoms with E-state index < -0.39 is 12.1 Å². The minimum absolute atomic E-state index is 0.0209. The van der Waals surface area contributed by atoms with E-state index in [0.29, 0.717) is 25.3 Å². The summed E-state index contributed by atoms with van der Waals surface area (Å²) in [5.74, 6) is 0.131. The van der Waals surface area contributed by atoms with Gasteiger partial charge in [0.05, 0.1) is 23.1 Å². The number of H-pyrrole nitrogens is 1. The number of nitrogens with two attached hydrogens (primary N) is 2. The predicted molar refractivity (Wildman–Crippen MR) is 124 cm³/mol. The van der Waals surface area contributed by atoms with Gasteiger partial charge in [-0.15, -0.1) is 0 Å².